The first-order chi connectivity index (χ1) is 36.0. The number of likely N-dealkylation sites (N-methyl/N-ethyl adjacent to an activating group) is 1. The highest BCUT2D eigenvalue weighted by molar-refractivity contribution is 5.94. The zero-order chi connectivity index (χ0) is 52.8. The number of aliphatic hydroxyl groups excluding tert-OH is 1. The largest absolute Gasteiger partial charge is 0.395 e. The smallest absolute Gasteiger partial charge is 0.272 e. The molecule has 8 rings (SSSR count). The van der Waals surface area contributed by atoms with Crippen LogP contribution in [0, 0.1) is 5.92 Å². The molecule has 4 aromatic carbocycles. The molecule has 0 bridgehead atoms. The number of anilines is 3. The predicted molar refractivity (Wildman–Crippen MR) is 295 cm³/mol. The number of amides is 3. The predicted octanol–water partition coefficient (Wildman–Crippen LogP) is 8.50. The molecule has 74 heavy (non-hydrogen) atoms. The van der Waals surface area contributed by atoms with Gasteiger partial charge in [0.2, 0.25) is 17.8 Å². The average Bonchev–Trinajstić information content (AvgIpc) is 3.46. The highest BCUT2D eigenvalue weighted by Gasteiger charge is 2.24. The third-order valence-corrected chi connectivity index (χ3v) is 12.7. The fourth-order valence-corrected chi connectivity index (χ4v) is 8.46. The van der Waals surface area contributed by atoms with Crippen LogP contribution in [0.15, 0.2) is 140 Å². The highest BCUT2D eigenvalue weighted by atomic mass is 16.3. The van der Waals surface area contributed by atoms with Crippen LogP contribution < -0.4 is 25.8 Å². The molecule has 16 nitrogen and oxygen atoms in total. The minimum Gasteiger partial charge on any atom is -0.395 e. The van der Waals surface area contributed by atoms with Gasteiger partial charge in [-0.3, -0.25) is 14.4 Å². The number of carbonyl (C=O) groups excluding carboxylic acids is 3. The number of aromatic nitrogens is 6. The van der Waals surface area contributed by atoms with Crippen molar-refractivity contribution in [1.82, 2.24) is 40.1 Å². The van der Waals surface area contributed by atoms with Gasteiger partial charge < -0.3 is 35.8 Å². The summed E-state index contributed by atoms with van der Waals surface area (Å²) >= 11 is 0. The molecular weight excluding hydrogens is 929 g/mol. The molecular formula is C58H70N12O4. The maximum absolute atomic E-state index is 12.8. The number of primary amides is 1. The van der Waals surface area contributed by atoms with Gasteiger partial charge in [-0.2, -0.15) is 0 Å². The number of nitrogens with one attached hydrogen (secondary N) is 1. The van der Waals surface area contributed by atoms with E-state index < -0.39 is 5.91 Å². The van der Waals surface area contributed by atoms with Crippen molar-refractivity contribution in [3.63, 3.8) is 0 Å². The number of hydrogen-bond acceptors (Lipinski definition) is 13. The number of benzene rings is 4. The van der Waals surface area contributed by atoms with Crippen LogP contribution in [-0.2, 0) is 6.42 Å². The van der Waals surface area contributed by atoms with Crippen LogP contribution in [0.5, 0.6) is 0 Å². The molecule has 1 aliphatic heterocycles. The lowest BCUT2D eigenvalue weighted by atomic mass is 9.90. The molecule has 0 spiro atoms. The van der Waals surface area contributed by atoms with Gasteiger partial charge in [-0.25, -0.2) is 29.9 Å². The standard InChI is InChI=1S/C23H24N4O.C19H26N4O.C16H20N4O2/c24-22(28)21-16-20(19-9-5-2-6-10-19)25-23(26-21)27-13-11-18(12-14-27)15-17-7-3-1-4-8-17;1-5-22(6-2)18(24)17-14-16(15-12-10-9-11-13-15)20-19(21-17)23(7-3)8-4;1-3-20(9-10-21)16-18-13(12-7-5-4-6-8-12)11-14(19-16)15(22)17-2/h1-10,16,18H,11-15H2,(H2,24,28);9-14H,5-8H2,1-4H3;4-8,11,21H,3,9-10H2,1-2H3,(H,17,22). The van der Waals surface area contributed by atoms with Gasteiger partial charge in [-0.15, -0.1) is 0 Å². The van der Waals surface area contributed by atoms with E-state index in [4.69, 9.17) is 15.8 Å². The van der Waals surface area contributed by atoms with Gasteiger partial charge in [0.15, 0.2) is 0 Å². The van der Waals surface area contributed by atoms with E-state index in [1.165, 1.54) is 5.56 Å². The van der Waals surface area contributed by atoms with Crippen molar-refractivity contribution in [3.05, 3.63) is 162 Å². The Balaban J connectivity index is 0.000000182. The number of hydrogen-bond donors (Lipinski definition) is 3. The van der Waals surface area contributed by atoms with E-state index in [2.05, 4.69) is 84.2 Å². The molecule has 16 heteroatoms. The molecule has 7 aromatic rings. The molecule has 4 heterocycles. The Morgan fingerprint density at radius 2 is 1.03 bits per heavy atom. The maximum Gasteiger partial charge on any atom is 0.272 e. The Morgan fingerprint density at radius 1 is 0.581 bits per heavy atom. The van der Waals surface area contributed by atoms with Crippen molar-refractivity contribution >= 4 is 35.6 Å². The Hall–Kier alpha value is -8.11. The molecule has 1 saturated heterocycles. The molecule has 1 fully saturated rings. The van der Waals surface area contributed by atoms with Crippen LogP contribution in [0.2, 0.25) is 0 Å². The van der Waals surface area contributed by atoms with Crippen LogP contribution in [0.3, 0.4) is 0 Å². The van der Waals surface area contributed by atoms with Crippen molar-refractivity contribution in [3.8, 4) is 33.8 Å². The van der Waals surface area contributed by atoms with E-state index in [0.29, 0.717) is 67.0 Å². The van der Waals surface area contributed by atoms with Crippen LogP contribution >= 0.6 is 0 Å². The molecule has 0 aliphatic carbocycles. The Morgan fingerprint density at radius 3 is 1.49 bits per heavy atom. The summed E-state index contributed by atoms with van der Waals surface area (Å²) in [6.45, 7) is 15.8. The van der Waals surface area contributed by atoms with E-state index in [9.17, 15) is 14.4 Å². The summed E-state index contributed by atoms with van der Waals surface area (Å²) in [6, 6.07) is 45.1. The molecule has 0 atom stereocenters. The molecule has 0 saturated carbocycles. The lowest BCUT2D eigenvalue weighted by Gasteiger charge is -2.32. The SMILES string of the molecule is CCN(CC)C(=O)c1cc(-c2ccccc2)nc(N(CC)CC)n1.CCN(CCO)c1nc(C(=O)NC)cc(-c2ccccc2)n1.NC(=O)c1cc(-c2ccccc2)nc(N2CCC(Cc3ccccc3)CC2)n1. The van der Waals surface area contributed by atoms with Crippen molar-refractivity contribution in [2.45, 2.75) is 53.9 Å². The zero-order valence-corrected chi connectivity index (χ0v) is 43.6. The average molecular weight is 999 g/mol. The Kier molecular flexibility index (Phi) is 21.1. The first-order valence-electron chi connectivity index (χ1n) is 25.6. The van der Waals surface area contributed by atoms with E-state index in [0.717, 1.165) is 73.5 Å². The van der Waals surface area contributed by atoms with E-state index in [1.807, 2.05) is 117 Å². The van der Waals surface area contributed by atoms with Gasteiger partial charge in [0.05, 0.1) is 23.7 Å². The minimum atomic E-state index is -0.528. The third-order valence-electron chi connectivity index (χ3n) is 12.7. The Labute approximate surface area is 435 Å². The first-order valence-corrected chi connectivity index (χ1v) is 25.6. The van der Waals surface area contributed by atoms with Crippen molar-refractivity contribution in [2.75, 3.05) is 80.7 Å². The molecule has 386 valence electrons. The van der Waals surface area contributed by atoms with Gasteiger partial charge in [0, 0.05) is 76.1 Å². The quantitative estimate of drug-likeness (QED) is 0.0740. The second-order valence-electron chi connectivity index (χ2n) is 17.4. The summed E-state index contributed by atoms with van der Waals surface area (Å²) in [4.78, 5) is 71.6. The number of piperidine rings is 1. The number of carbonyl (C=O) groups is 3. The monoisotopic (exact) mass is 999 g/mol. The minimum absolute atomic E-state index is 0.00206. The van der Waals surface area contributed by atoms with Crippen molar-refractivity contribution in [2.24, 2.45) is 11.7 Å². The van der Waals surface area contributed by atoms with Gasteiger partial charge >= 0.3 is 0 Å². The lowest BCUT2D eigenvalue weighted by molar-refractivity contribution is 0.0766. The molecule has 3 amide bonds. The first kappa shape index (κ1) is 55.2. The Bertz CT molecular complexity index is 2840. The van der Waals surface area contributed by atoms with Gasteiger partial charge in [-0.1, -0.05) is 121 Å². The van der Waals surface area contributed by atoms with Gasteiger partial charge in [0.1, 0.15) is 17.1 Å². The fourth-order valence-electron chi connectivity index (χ4n) is 8.46. The van der Waals surface area contributed by atoms with Gasteiger partial charge in [-0.05, 0) is 83.6 Å². The molecule has 4 N–H and O–H groups in total. The number of nitrogens with zero attached hydrogens (tertiary/aromatic N) is 10. The number of rotatable bonds is 18. The molecule has 1 aliphatic rings. The maximum atomic E-state index is 12.8. The summed E-state index contributed by atoms with van der Waals surface area (Å²) in [6.07, 6.45) is 3.27. The number of nitrogens with two attached hydrogens (primary N) is 1. The van der Waals surface area contributed by atoms with Crippen LogP contribution in [-0.4, -0.2) is 124 Å². The fraction of sp³-hybridized carbons (Fsp3) is 0.328. The second-order valence-corrected chi connectivity index (χ2v) is 17.4. The summed E-state index contributed by atoms with van der Waals surface area (Å²) in [5, 5.41) is 11.7. The zero-order valence-electron chi connectivity index (χ0n) is 43.6. The van der Waals surface area contributed by atoms with Crippen molar-refractivity contribution < 1.29 is 19.5 Å². The van der Waals surface area contributed by atoms with Crippen LogP contribution in [0.25, 0.3) is 33.8 Å². The lowest BCUT2D eigenvalue weighted by Crippen LogP contribution is -2.36. The molecule has 0 radical (unpaired) electrons. The summed E-state index contributed by atoms with van der Waals surface area (Å²) in [7, 11) is 1.57. The normalized spacial score (nSPS) is 12.1. The second kappa shape index (κ2) is 28.2. The van der Waals surface area contributed by atoms with Crippen molar-refractivity contribution in [1.29, 1.82) is 0 Å². The third kappa shape index (κ3) is 15.2. The molecule has 0 unspecified atom stereocenters. The number of aliphatic hydroxyl groups is 1. The van der Waals surface area contributed by atoms with Crippen LogP contribution in [0.1, 0.15) is 84.5 Å². The summed E-state index contributed by atoms with van der Waals surface area (Å²) < 4.78 is 0. The van der Waals surface area contributed by atoms with E-state index >= 15 is 0 Å². The van der Waals surface area contributed by atoms with Crippen LogP contribution in [0.4, 0.5) is 17.8 Å². The van der Waals surface area contributed by atoms with E-state index in [-0.39, 0.29) is 24.1 Å². The molecule has 3 aromatic heterocycles. The topological polar surface area (TPSA) is 200 Å². The highest BCUT2D eigenvalue weighted by Crippen LogP contribution is 2.27. The summed E-state index contributed by atoms with van der Waals surface area (Å²) in [5.41, 5.74) is 13.0. The van der Waals surface area contributed by atoms with E-state index in [1.54, 1.807) is 30.1 Å². The summed E-state index contributed by atoms with van der Waals surface area (Å²) in [5.74, 6) is 1.46. The van der Waals surface area contributed by atoms with Gasteiger partial charge in [0.25, 0.3) is 17.7 Å².